The van der Waals surface area contributed by atoms with E-state index >= 15 is 0 Å². The number of hydrogen-bond donors (Lipinski definition) is 1. The first-order chi connectivity index (χ1) is 8.72. The van der Waals surface area contributed by atoms with Gasteiger partial charge in [0, 0.05) is 32.3 Å². The molecule has 0 saturated carbocycles. The molecule has 1 aromatic rings. The normalized spacial score (nSPS) is 19.5. The lowest BCUT2D eigenvalue weighted by atomic mass is 9.98. The second-order valence-electron chi connectivity index (χ2n) is 5.11. The predicted octanol–water partition coefficient (Wildman–Crippen LogP) is 2.03. The van der Waals surface area contributed by atoms with Gasteiger partial charge in [-0.15, -0.1) is 0 Å². The lowest BCUT2D eigenvalue weighted by Gasteiger charge is -2.30. The summed E-state index contributed by atoms with van der Waals surface area (Å²) < 4.78 is 5.52. The van der Waals surface area contributed by atoms with Gasteiger partial charge in [-0.2, -0.15) is 0 Å². The van der Waals surface area contributed by atoms with Crippen molar-refractivity contribution in [2.24, 2.45) is 5.73 Å². The summed E-state index contributed by atoms with van der Waals surface area (Å²) in [6, 6.07) is 6.98. The first-order valence-corrected chi connectivity index (χ1v) is 6.81. The highest BCUT2D eigenvalue weighted by atomic mass is 16.5. The van der Waals surface area contributed by atoms with Crippen LogP contribution in [0.25, 0.3) is 0 Å². The minimum atomic E-state index is 0.326. The summed E-state index contributed by atoms with van der Waals surface area (Å²) in [6.45, 7) is 8.74. The third kappa shape index (κ3) is 3.10. The van der Waals surface area contributed by atoms with Gasteiger partial charge in [-0.25, -0.2) is 0 Å². The van der Waals surface area contributed by atoms with Gasteiger partial charge in [-0.3, -0.25) is 4.90 Å². The van der Waals surface area contributed by atoms with Crippen LogP contribution in [0.3, 0.4) is 0 Å². The molecule has 18 heavy (non-hydrogen) atoms. The third-order valence-electron chi connectivity index (χ3n) is 3.71. The van der Waals surface area contributed by atoms with Gasteiger partial charge in [0.25, 0.3) is 0 Å². The molecule has 0 aromatic heterocycles. The van der Waals surface area contributed by atoms with Crippen molar-refractivity contribution in [1.29, 1.82) is 0 Å². The van der Waals surface area contributed by atoms with E-state index in [1.54, 1.807) is 0 Å². The van der Waals surface area contributed by atoms with Crippen molar-refractivity contribution in [3.05, 3.63) is 34.9 Å². The van der Waals surface area contributed by atoms with E-state index in [-0.39, 0.29) is 0 Å². The van der Waals surface area contributed by atoms with Crippen molar-refractivity contribution in [1.82, 2.24) is 4.90 Å². The lowest BCUT2D eigenvalue weighted by Crippen LogP contribution is -2.36. The van der Waals surface area contributed by atoms with Crippen LogP contribution in [-0.4, -0.2) is 37.7 Å². The average Bonchev–Trinajstić information content (AvgIpc) is 2.62. The zero-order valence-electron chi connectivity index (χ0n) is 11.5. The first kappa shape index (κ1) is 13.5. The van der Waals surface area contributed by atoms with Crippen molar-refractivity contribution in [3.63, 3.8) is 0 Å². The second kappa shape index (κ2) is 6.32. The number of aryl methyl sites for hydroxylation is 2. The highest BCUT2D eigenvalue weighted by Gasteiger charge is 2.21. The fourth-order valence-corrected chi connectivity index (χ4v) is 2.75. The van der Waals surface area contributed by atoms with Gasteiger partial charge in [-0.05, 0) is 31.4 Å². The summed E-state index contributed by atoms with van der Waals surface area (Å²) in [7, 11) is 0. The topological polar surface area (TPSA) is 38.5 Å². The van der Waals surface area contributed by atoms with Gasteiger partial charge >= 0.3 is 0 Å². The Morgan fingerprint density at radius 3 is 2.83 bits per heavy atom. The van der Waals surface area contributed by atoms with Gasteiger partial charge < -0.3 is 10.5 Å². The minimum absolute atomic E-state index is 0.326. The smallest absolute Gasteiger partial charge is 0.0593 e. The van der Waals surface area contributed by atoms with Gasteiger partial charge in [0.05, 0.1) is 6.61 Å². The van der Waals surface area contributed by atoms with Crippen molar-refractivity contribution >= 4 is 0 Å². The molecule has 1 aliphatic rings. The summed E-state index contributed by atoms with van der Waals surface area (Å²) in [4.78, 5) is 2.46. The fraction of sp³-hybridized carbons (Fsp3) is 0.600. The Hall–Kier alpha value is -0.900. The fourth-order valence-electron chi connectivity index (χ4n) is 2.75. The minimum Gasteiger partial charge on any atom is -0.380 e. The first-order valence-electron chi connectivity index (χ1n) is 6.81. The van der Waals surface area contributed by atoms with E-state index in [9.17, 15) is 0 Å². The molecule has 0 spiro atoms. The van der Waals surface area contributed by atoms with Gasteiger partial charge in [0.2, 0.25) is 0 Å². The standard InChI is InChI=1S/C15H24N2O/c1-12-4-5-14(13(2)10-12)15(11-16)17-6-3-8-18-9-7-17/h4-5,10,15H,3,6-9,11,16H2,1-2H3. The molecule has 3 heteroatoms. The average molecular weight is 248 g/mol. The van der Waals surface area contributed by atoms with Crippen LogP contribution in [0, 0.1) is 13.8 Å². The molecular weight excluding hydrogens is 224 g/mol. The number of nitrogens with two attached hydrogens (primary N) is 1. The Labute approximate surface area is 110 Å². The maximum Gasteiger partial charge on any atom is 0.0593 e. The van der Waals surface area contributed by atoms with Crippen LogP contribution < -0.4 is 5.73 Å². The Morgan fingerprint density at radius 2 is 2.11 bits per heavy atom. The molecule has 0 aliphatic carbocycles. The van der Waals surface area contributed by atoms with E-state index < -0.39 is 0 Å². The molecule has 1 aromatic carbocycles. The SMILES string of the molecule is Cc1ccc(C(CN)N2CCCOCC2)c(C)c1. The number of benzene rings is 1. The van der Waals surface area contributed by atoms with Gasteiger partial charge in [0.1, 0.15) is 0 Å². The lowest BCUT2D eigenvalue weighted by molar-refractivity contribution is 0.132. The highest BCUT2D eigenvalue weighted by molar-refractivity contribution is 5.33. The van der Waals surface area contributed by atoms with Crippen molar-refractivity contribution < 1.29 is 4.74 Å². The number of hydrogen-bond acceptors (Lipinski definition) is 3. The van der Waals surface area contributed by atoms with E-state index in [4.69, 9.17) is 10.5 Å². The number of rotatable bonds is 3. The van der Waals surface area contributed by atoms with Crippen molar-refractivity contribution in [3.8, 4) is 0 Å². The second-order valence-corrected chi connectivity index (χ2v) is 5.11. The molecule has 3 nitrogen and oxygen atoms in total. The number of nitrogens with zero attached hydrogens (tertiary/aromatic N) is 1. The van der Waals surface area contributed by atoms with Crippen LogP contribution in [0.4, 0.5) is 0 Å². The Bertz CT molecular complexity index is 384. The molecular formula is C15H24N2O. The Morgan fingerprint density at radius 1 is 1.28 bits per heavy atom. The summed E-state index contributed by atoms with van der Waals surface area (Å²) in [5, 5.41) is 0. The maximum atomic E-state index is 6.01. The van der Waals surface area contributed by atoms with Crippen LogP contribution in [0.15, 0.2) is 18.2 Å². The molecule has 1 unspecified atom stereocenters. The van der Waals surface area contributed by atoms with Crippen molar-refractivity contribution in [2.45, 2.75) is 26.3 Å². The molecule has 1 heterocycles. The molecule has 1 fully saturated rings. The quantitative estimate of drug-likeness (QED) is 0.889. The summed E-state index contributed by atoms with van der Waals surface area (Å²) in [5.41, 5.74) is 10.0. The van der Waals surface area contributed by atoms with E-state index in [2.05, 4.69) is 36.9 Å². The molecule has 1 saturated heterocycles. The van der Waals surface area contributed by atoms with Crippen LogP contribution in [0.1, 0.15) is 29.2 Å². The zero-order valence-corrected chi connectivity index (χ0v) is 11.5. The molecule has 100 valence electrons. The third-order valence-corrected chi connectivity index (χ3v) is 3.71. The summed E-state index contributed by atoms with van der Waals surface area (Å²) in [5.74, 6) is 0. The summed E-state index contributed by atoms with van der Waals surface area (Å²) in [6.07, 6.45) is 1.10. The van der Waals surface area contributed by atoms with E-state index in [1.807, 2.05) is 0 Å². The zero-order chi connectivity index (χ0) is 13.0. The largest absolute Gasteiger partial charge is 0.380 e. The monoisotopic (exact) mass is 248 g/mol. The summed E-state index contributed by atoms with van der Waals surface area (Å²) >= 11 is 0. The van der Waals surface area contributed by atoms with Crippen LogP contribution in [0.5, 0.6) is 0 Å². The Kier molecular flexibility index (Phi) is 4.75. The maximum absolute atomic E-state index is 6.01. The highest BCUT2D eigenvalue weighted by Crippen LogP contribution is 2.24. The van der Waals surface area contributed by atoms with Crippen LogP contribution >= 0.6 is 0 Å². The van der Waals surface area contributed by atoms with Crippen molar-refractivity contribution in [2.75, 3.05) is 32.8 Å². The van der Waals surface area contributed by atoms with Crippen LogP contribution in [0.2, 0.25) is 0 Å². The van der Waals surface area contributed by atoms with Gasteiger partial charge in [0.15, 0.2) is 0 Å². The molecule has 2 rings (SSSR count). The van der Waals surface area contributed by atoms with E-state index in [0.717, 1.165) is 32.7 Å². The molecule has 2 N–H and O–H groups in total. The molecule has 1 atom stereocenters. The molecule has 0 bridgehead atoms. The Balaban J connectivity index is 2.20. The molecule has 1 aliphatic heterocycles. The molecule has 0 radical (unpaired) electrons. The van der Waals surface area contributed by atoms with E-state index in [0.29, 0.717) is 12.6 Å². The van der Waals surface area contributed by atoms with Crippen LogP contribution in [-0.2, 0) is 4.74 Å². The predicted molar refractivity (Wildman–Crippen MR) is 74.7 cm³/mol. The number of ether oxygens (including phenoxy) is 1. The molecule has 0 amide bonds. The van der Waals surface area contributed by atoms with Gasteiger partial charge in [-0.1, -0.05) is 23.8 Å². The van der Waals surface area contributed by atoms with E-state index in [1.165, 1.54) is 16.7 Å².